The highest BCUT2D eigenvalue weighted by Crippen LogP contribution is 2.07. The molecule has 0 heterocycles. The van der Waals surface area contributed by atoms with Gasteiger partial charge in [-0.2, -0.15) is 0 Å². The highest BCUT2D eigenvalue weighted by molar-refractivity contribution is 5.73. The summed E-state index contributed by atoms with van der Waals surface area (Å²) >= 11 is 0. The molecule has 0 saturated heterocycles. The third-order valence-corrected chi connectivity index (χ3v) is 1.80. The zero-order chi connectivity index (χ0) is 12.7. The van der Waals surface area contributed by atoms with Gasteiger partial charge in [0.15, 0.2) is 12.4 Å². The molecule has 0 rings (SSSR count). The van der Waals surface area contributed by atoms with Gasteiger partial charge in [-0.05, 0) is 0 Å². The Labute approximate surface area is 90.7 Å². The van der Waals surface area contributed by atoms with E-state index < -0.39 is 43.6 Å². The van der Waals surface area contributed by atoms with Crippen molar-refractivity contribution in [3.8, 4) is 0 Å². The van der Waals surface area contributed by atoms with Gasteiger partial charge < -0.3 is 30.3 Å². The van der Waals surface area contributed by atoms with Crippen LogP contribution >= 0.6 is 0 Å². The maximum Gasteiger partial charge on any atom is 0.332 e. The van der Waals surface area contributed by atoms with Crippen LogP contribution in [0.3, 0.4) is 0 Å². The van der Waals surface area contributed by atoms with Crippen LogP contribution < -0.4 is 0 Å². The first-order chi connectivity index (χ1) is 7.47. The van der Waals surface area contributed by atoms with Gasteiger partial charge in [0.1, 0.15) is 24.9 Å². The van der Waals surface area contributed by atoms with Gasteiger partial charge in [-0.3, -0.25) is 4.79 Å². The van der Waals surface area contributed by atoms with E-state index in [2.05, 4.69) is 4.74 Å². The molecule has 0 bridgehead atoms. The summed E-state index contributed by atoms with van der Waals surface area (Å²) in [5, 5.41) is 44.3. The van der Waals surface area contributed by atoms with E-state index in [9.17, 15) is 19.8 Å². The van der Waals surface area contributed by atoms with Gasteiger partial charge in [0.05, 0.1) is 6.61 Å². The van der Waals surface area contributed by atoms with E-state index in [0.29, 0.717) is 0 Å². The molecule has 0 aromatic heterocycles. The highest BCUT2D eigenvalue weighted by Gasteiger charge is 2.33. The van der Waals surface area contributed by atoms with Crippen molar-refractivity contribution in [2.24, 2.45) is 0 Å². The minimum atomic E-state index is -1.89. The Morgan fingerprint density at radius 3 is 2.12 bits per heavy atom. The van der Waals surface area contributed by atoms with Crippen molar-refractivity contribution in [2.75, 3.05) is 13.2 Å². The number of ether oxygens (including phenoxy) is 1. The Balaban J connectivity index is 4.45. The standard InChI is InChI=1S/C8H14O8/c9-1-4(12)7(14)8(15)5(2-10)16-6(13)3-11/h2,4-5,7-9,11-12,14-15H,1,3H2/t4-,5+,7-,8-/m1/s1. The molecule has 8 nitrogen and oxygen atoms in total. The highest BCUT2D eigenvalue weighted by atomic mass is 16.6. The average Bonchev–Trinajstić information content (AvgIpc) is 2.32. The van der Waals surface area contributed by atoms with Crippen molar-refractivity contribution >= 4 is 12.3 Å². The van der Waals surface area contributed by atoms with E-state index in [1.165, 1.54) is 0 Å². The van der Waals surface area contributed by atoms with E-state index in [1.807, 2.05) is 0 Å². The zero-order valence-corrected chi connectivity index (χ0v) is 8.26. The molecule has 0 aliphatic heterocycles. The first-order valence-electron chi connectivity index (χ1n) is 4.38. The number of aldehydes is 1. The third-order valence-electron chi connectivity index (χ3n) is 1.80. The summed E-state index contributed by atoms with van der Waals surface area (Å²) in [6.07, 6.45) is -7.12. The Morgan fingerprint density at radius 2 is 1.75 bits per heavy atom. The number of rotatable bonds is 7. The lowest BCUT2D eigenvalue weighted by molar-refractivity contribution is -0.170. The Hall–Kier alpha value is -1.06. The maximum absolute atomic E-state index is 10.6. The van der Waals surface area contributed by atoms with E-state index in [4.69, 9.17) is 15.3 Å². The van der Waals surface area contributed by atoms with E-state index in [0.717, 1.165) is 0 Å². The Kier molecular flexibility index (Phi) is 6.77. The van der Waals surface area contributed by atoms with Gasteiger partial charge >= 0.3 is 5.97 Å². The van der Waals surface area contributed by atoms with Crippen LogP contribution in [-0.4, -0.2) is 75.4 Å². The van der Waals surface area contributed by atoms with Crippen molar-refractivity contribution in [2.45, 2.75) is 24.4 Å². The monoisotopic (exact) mass is 238 g/mol. The maximum atomic E-state index is 10.6. The second-order valence-corrected chi connectivity index (χ2v) is 2.98. The summed E-state index contributed by atoms with van der Waals surface area (Å²) in [6, 6.07) is 0. The Morgan fingerprint density at radius 1 is 1.19 bits per heavy atom. The minimum Gasteiger partial charge on any atom is -0.450 e. The van der Waals surface area contributed by atoms with Crippen molar-refractivity contribution in [1.82, 2.24) is 0 Å². The van der Waals surface area contributed by atoms with Crippen LogP contribution in [0.15, 0.2) is 0 Å². The second kappa shape index (κ2) is 7.25. The van der Waals surface area contributed by atoms with Gasteiger partial charge in [0.2, 0.25) is 0 Å². The fraction of sp³-hybridized carbons (Fsp3) is 0.750. The number of hydrogen-bond acceptors (Lipinski definition) is 8. The first kappa shape index (κ1) is 14.9. The molecule has 8 heteroatoms. The topological polar surface area (TPSA) is 145 Å². The van der Waals surface area contributed by atoms with Gasteiger partial charge in [-0.1, -0.05) is 0 Å². The molecule has 0 aliphatic rings. The molecule has 0 amide bonds. The minimum absolute atomic E-state index is 0.0333. The van der Waals surface area contributed by atoms with Gasteiger partial charge in [-0.15, -0.1) is 0 Å². The predicted octanol–water partition coefficient (Wildman–Crippen LogP) is -3.84. The number of aliphatic hydroxyl groups is 5. The van der Waals surface area contributed by atoms with Crippen molar-refractivity contribution in [3.05, 3.63) is 0 Å². The van der Waals surface area contributed by atoms with E-state index in [-0.39, 0.29) is 6.29 Å². The lowest BCUT2D eigenvalue weighted by Crippen LogP contribution is -2.48. The molecule has 0 aromatic rings. The normalized spacial score (nSPS) is 18.3. The quantitative estimate of drug-likeness (QED) is 0.224. The molecule has 5 N–H and O–H groups in total. The van der Waals surface area contributed by atoms with Gasteiger partial charge in [0, 0.05) is 0 Å². The summed E-state index contributed by atoms with van der Waals surface area (Å²) in [5.41, 5.74) is 0. The summed E-state index contributed by atoms with van der Waals surface area (Å²) in [6.45, 7) is -1.83. The molecule has 0 aromatic carbocycles. The summed E-state index contributed by atoms with van der Waals surface area (Å²) in [4.78, 5) is 21.1. The van der Waals surface area contributed by atoms with Crippen molar-refractivity contribution < 1.29 is 39.9 Å². The number of carbonyl (C=O) groups excluding carboxylic acids is 2. The summed E-state index contributed by atoms with van der Waals surface area (Å²) in [7, 11) is 0. The van der Waals surface area contributed by atoms with Gasteiger partial charge in [-0.25, -0.2) is 4.79 Å². The molecule has 0 radical (unpaired) electrons. The summed E-state index contributed by atoms with van der Waals surface area (Å²) in [5.74, 6) is -1.16. The average molecular weight is 238 g/mol. The molecule has 94 valence electrons. The number of esters is 1. The molecule has 0 fully saturated rings. The third kappa shape index (κ3) is 4.21. The molecule has 0 saturated carbocycles. The number of aliphatic hydroxyl groups excluding tert-OH is 5. The van der Waals surface area contributed by atoms with Crippen LogP contribution in [0.1, 0.15) is 0 Å². The Bertz CT molecular complexity index is 230. The molecule has 0 unspecified atom stereocenters. The fourth-order valence-electron chi connectivity index (χ4n) is 0.897. The van der Waals surface area contributed by atoms with E-state index in [1.54, 1.807) is 0 Å². The van der Waals surface area contributed by atoms with Crippen LogP contribution in [0.5, 0.6) is 0 Å². The molecule has 4 atom stereocenters. The largest absolute Gasteiger partial charge is 0.450 e. The molecular weight excluding hydrogens is 224 g/mol. The molecule has 0 aliphatic carbocycles. The summed E-state index contributed by atoms with van der Waals surface area (Å²) < 4.78 is 4.27. The second-order valence-electron chi connectivity index (χ2n) is 2.98. The molecule has 0 spiro atoms. The van der Waals surface area contributed by atoms with E-state index >= 15 is 0 Å². The van der Waals surface area contributed by atoms with Crippen LogP contribution in [-0.2, 0) is 14.3 Å². The SMILES string of the molecule is O=C[C@H](OC(=O)CO)[C@@H](O)[C@H](O)[C@H](O)CO. The lowest BCUT2D eigenvalue weighted by Gasteiger charge is -2.25. The molecular formula is C8H14O8. The fourth-order valence-corrected chi connectivity index (χ4v) is 0.897. The van der Waals surface area contributed by atoms with Crippen molar-refractivity contribution in [1.29, 1.82) is 0 Å². The predicted molar refractivity (Wildman–Crippen MR) is 48.1 cm³/mol. The van der Waals surface area contributed by atoms with Crippen LogP contribution in [0.4, 0.5) is 0 Å². The molecule has 16 heavy (non-hydrogen) atoms. The lowest BCUT2D eigenvalue weighted by atomic mass is 10.0. The number of hydrogen-bond donors (Lipinski definition) is 5. The van der Waals surface area contributed by atoms with Gasteiger partial charge in [0.25, 0.3) is 0 Å². The number of carbonyl (C=O) groups is 2. The van der Waals surface area contributed by atoms with Crippen molar-refractivity contribution in [3.63, 3.8) is 0 Å². The smallest absolute Gasteiger partial charge is 0.332 e. The van der Waals surface area contributed by atoms with Crippen LogP contribution in [0.2, 0.25) is 0 Å². The first-order valence-corrected chi connectivity index (χ1v) is 4.38. The van der Waals surface area contributed by atoms with Crippen LogP contribution in [0, 0.1) is 0 Å². The van der Waals surface area contributed by atoms with Crippen LogP contribution in [0.25, 0.3) is 0 Å². The zero-order valence-electron chi connectivity index (χ0n) is 8.26.